The molecular weight excluding hydrogens is 508 g/mol. The van der Waals surface area contributed by atoms with Gasteiger partial charge in [0.25, 0.3) is 0 Å². The molecule has 0 saturated carbocycles. The van der Waals surface area contributed by atoms with Crippen LogP contribution in [0.5, 0.6) is 23.0 Å². The highest BCUT2D eigenvalue weighted by molar-refractivity contribution is 6.09. The third-order valence-electron chi connectivity index (χ3n) is 8.77. The topological polar surface area (TPSA) is 36.9 Å². The van der Waals surface area contributed by atoms with Gasteiger partial charge in [0.15, 0.2) is 17.1 Å². The number of benzene rings is 5. The van der Waals surface area contributed by atoms with E-state index in [0.29, 0.717) is 11.5 Å². The molecule has 1 unspecified atom stereocenters. The van der Waals surface area contributed by atoms with Crippen LogP contribution in [-0.4, -0.2) is 21.3 Å². The molecule has 1 atom stereocenters. The molecule has 0 amide bonds. The predicted octanol–water partition coefficient (Wildman–Crippen LogP) is 8.52. The molecular formula is C37H32O4. The minimum atomic E-state index is -0.843. The van der Waals surface area contributed by atoms with Gasteiger partial charge in [0.1, 0.15) is 11.5 Å². The molecule has 7 rings (SSSR count). The Hall–Kier alpha value is -4.70. The lowest BCUT2D eigenvalue weighted by Crippen LogP contribution is -2.35. The van der Waals surface area contributed by atoms with Gasteiger partial charge in [-0.15, -0.1) is 0 Å². The zero-order valence-electron chi connectivity index (χ0n) is 23.9. The zero-order valence-corrected chi connectivity index (χ0v) is 23.9. The molecule has 0 radical (unpaired) electrons. The highest BCUT2D eigenvalue weighted by Gasteiger charge is 2.44. The van der Waals surface area contributed by atoms with E-state index in [9.17, 15) is 0 Å². The second-order valence-corrected chi connectivity index (χ2v) is 11.2. The van der Waals surface area contributed by atoms with Gasteiger partial charge in [-0.2, -0.15) is 0 Å². The highest BCUT2D eigenvalue weighted by atomic mass is 16.5. The molecule has 1 heterocycles. The van der Waals surface area contributed by atoms with Crippen LogP contribution in [0.4, 0.5) is 0 Å². The van der Waals surface area contributed by atoms with E-state index in [1.807, 2.05) is 18.2 Å². The van der Waals surface area contributed by atoms with Gasteiger partial charge in [-0.05, 0) is 58.0 Å². The van der Waals surface area contributed by atoms with E-state index in [0.717, 1.165) is 39.0 Å². The van der Waals surface area contributed by atoms with Gasteiger partial charge < -0.3 is 18.9 Å². The van der Waals surface area contributed by atoms with Crippen LogP contribution in [0.3, 0.4) is 0 Å². The molecule has 0 fully saturated rings. The Bertz CT molecular complexity index is 1830. The zero-order chi connectivity index (χ0) is 28.4. The van der Waals surface area contributed by atoms with Crippen LogP contribution in [-0.2, 0) is 11.0 Å². The molecule has 41 heavy (non-hydrogen) atoms. The van der Waals surface area contributed by atoms with Crippen LogP contribution in [0.15, 0.2) is 97.1 Å². The summed E-state index contributed by atoms with van der Waals surface area (Å²) < 4.78 is 24.4. The largest absolute Gasteiger partial charge is 0.497 e. The Morgan fingerprint density at radius 3 is 1.98 bits per heavy atom. The summed E-state index contributed by atoms with van der Waals surface area (Å²) in [5.41, 5.74) is 7.14. The fourth-order valence-electron chi connectivity index (χ4n) is 6.78. The quantitative estimate of drug-likeness (QED) is 0.224. The van der Waals surface area contributed by atoms with E-state index in [2.05, 4.69) is 98.8 Å². The van der Waals surface area contributed by atoms with E-state index >= 15 is 0 Å². The first-order chi connectivity index (χ1) is 19.9. The van der Waals surface area contributed by atoms with Crippen molar-refractivity contribution in [1.82, 2.24) is 0 Å². The van der Waals surface area contributed by atoms with E-state index < -0.39 is 5.60 Å². The summed E-state index contributed by atoms with van der Waals surface area (Å²) in [6.07, 6.45) is 4.47. The number of hydrogen-bond acceptors (Lipinski definition) is 4. The van der Waals surface area contributed by atoms with Crippen molar-refractivity contribution in [2.45, 2.75) is 24.9 Å². The Kier molecular flexibility index (Phi) is 5.65. The van der Waals surface area contributed by atoms with Gasteiger partial charge in [0.05, 0.1) is 21.3 Å². The summed E-state index contributed by atoms with van der Waals surface area (Å²) in [4.78, 5) is 0. The third-order valence-corrected chi connectivity index (χ3v) is 8.77. The Morgan fingerprint density at radius 1 is 0.659 bits per heavy atom. The van der Waals surface area contributed by atoms with Crippen LogP contribution in [0, 0.1) is 0 Å². The molecule has 204 valence electrons. The summed E-state index contributed by atoms with van der Waals surface area (Å²) in [5.74, 6) is 3.00. The molecule has 2 aliphatic rings. The monoisotopic (exact) mass is 540 g/mol. The summed E-state index contributed by atoms with van der Waals surface area (Å²) in [6, 6.07) is 31.4. The lowest BCUT2D eigenvalue weighted by Gasteiger charge is -2.38. The van der Waals surface area contributed by atoms with Gasteiger partial charge in [0.2, 0.25) is 0 Å². The fraction of sp³-hybridized carbons (Fsp3) is 0.189. The molecule has 5 aromatic carbocycles. The number of ether oxygens (including phenoxy) is 4. The summed E-state index contributed by atoms with van der Waals surface area (Å²) in [6.45, 7) is 4.61. The van der Waals surface area contributed by atoms with Gasteiger partial charge >= 0.3 is 0 Å². The van der Waals surface area contributed by atoms with Crippen molar-refractivity contribution in [1.29, 1.82) is 0 Å². The maximum atomic E-state index is 7.34. The molecule has 1 aliphatic heterocycles. The molecule has 0 spiro atoms. The van der Waals surface area contributed by atoms with Crippen molar-refractivity contribution in [3.8, 4) is 34.1 Å². The average molecular weight is 541 g/mol. The summed E-state index contributed by atoms with van der Waals surface area (Å²) >= 11 is 0. The van der Waals surface area contributed by atoms with Crippen molar-refractivity contribution in [2.75, 3.05) is 21.3 Å². The smallest absolute Gasteiger partial charge is 0.178 e. The first kappa shape index (κ1) is 25.3. The Labute approximate surface area is 240 Å². The van der Waals surface area contributed by atoms with Crippen molar-refractivity contribution in [3.63, 3.8) is 0 Å². The lowest BCUT2D eigenvalue weighted by molar-refractivity contribution is 0.163. The molecule has 0 saturated heterocycles. The van der Waals surface area contributed by atoms with E-state index in [1.54, 1.807) is 21.3 Å². The average Bonchev–Trinajstić information content (AvgIpc) is 3.27. The van der Waals surface area contributed by atoms with E-state index in [-0.39, 0.29) is 5.41 Å². The van der Waals surface area contributed by atoms with Crippen molar-refractivity contribution >= 4 is 16.8 Å². The number of methoxy groups -OCH3 is 3. The molecule has 5 aromatic rings. The first-order valence-corrected chi connectivity index (χ1v) is 13.9. The Morgan fingerprint density at radius 2 is 1.29 bits per heavy atom. The van der Waals surface area contributed by atoms with Crippen LogP contribution in [0.2, 0.25) is 0 Å². The number of hydrogen-bond donors (Lipinski definition) is 0. The molecule has 0 N–H and O–H groups in total. The minimum Gasteiger partial charge on any atom is -0.497 e. The predicted molar refractivity (Wildman–Crippen MR) is 164 cm³/mol. The van der Waals surface area contributed by atoms with Gasteiger partial charge in [-0.25, -0.2) is 0 Å². The maximum absolute atomic E-state index is 7.34. The van der Waals surface area contributed by atoms with Crippen molar-refractivity contribution < 1.29 is 18.9 Å². The lowest BCUT2D eigenvalue weighted by atomic mass is 9.77. The van der Waals surface area contributed by atoms with Gasteiger partial charge in [0, 0.05) is 27.5 Å². The SMILES string of the molecule is COc1ccc(C2(c3ccccc3)C=Cc3c4c(c5cc(OC)c(OC)cc5c3O2)-c2ccccc2C4(C)C)cc1. The highest BCUT2D eigenvalue weighted by Crippen LogP contribution is 2.59. The molecule has 4 heteroatoms. The number of rotatable bonds is 5. The second-order valence-electron chi connectivity index (χ2n) is 11.2. The maximum Gasteiger partial charge on any atom is 0.178 e. The van der Waals surface area contributed by atoms with Crippen molar-refractivity contribution in [3.05, 3.63) is 125 Å². The second kappa shape index (κ2) is 9.17. The summed E-state index contributed by atoms with van der Waals surface area (Å²) in [5, 5.41) is 2.07. The van der Waals surface area contributed by atoms with E-state index in [1.165, 1.54) is 22.3 Å². The van der Waals surface area contributed by atoms with Crippen LogP contribution >= 0.6 is 0 Å². The molecule has 0 bridgehead atoms. The van der Waals surface area contributed by atoms with E-state index in [4.69, 9.17) is 18.9 Å². The number of fused-ring (bicyclic) bond motifs is 8. The standard InChI is InChI=1S/C37H32O4/c1-36(2)30-14-10-9-13-26(30)33-28-21-31(39-4)32(40-5)22-29(28)35-27(34(33)36)19-20-37(41-35,23-11-7-6-8-12-23)24-15-17-25(38-3)18-16-24/h6-22H,1-5H3. The van der Waals surface area contributed by atoms with Crippen LogP contribution < -0.4 is 18.9 Å². The van der Waals surface area contributed by atoms with Crippen LogP contribution in [0.25, 0.3) is 28.0 Å². The molecule has 0 aromatic heterocycles. The molecule has 4 nitrogen and oxygen atoms in total. The Balaban J connectivity index is 1.58. The fourth-order valence-corrected chi connectivity index (χ4v) is 6.78. The third kappa shape index (κ3) is 3.53. The van der Waals surface area contributed by atoms with Crippen LogP contribution in [0.1, 0.15) is 41.7 Å². The minimum absolute atomic E-state index is 0.224. The summed E-state index contributed by atoms with van der Waals surface area (Å²) in [7, 11) is 5.04. The van der Waals surface area contributed by atoms with Gasteiger partial charge in [-0.1, -0.05) is 86.7 Å². The first-order valence-electron chi connectivity index (χ1n) is 13.9. The normalized spacial score (nSPS) is 17.8. The van der Waals surface area contributed by atoms with Gasteiger partial charge in [-0.3, -0.25) is 0 Å². The van der Waals surface area contributed by atoms with Crippen molar-refractivity contribution in [2.24, 2.45) is 0 Å². The molecule has 1 aliphatic carbocycles.